The molecule has 1 N–H and O–H groups in total. The molecule has 0 bridgehead atoms. The lowest BCUT2D eigenvalue weighted by Gasteiger charge is -2.05. The molecule has 0 spiro atoms. The molecule has 0 aliphatic heterocycles. The number of nitrogens with zero attached hydrogens (tertiary/aromatic N) is 2. The third-order valence-electron chi connectivity index (χ3n) is 2.21. The van der Waals surface area contributed by atoms with E-state index in [1.165, 1.54) is 4.88 Å². The summed E-state index contributed by atoms with van der Waals surface area (Å²) >= 11 is 3.34. The average molecular weight is 253 g/mol. The molecule has 3 nitrogen and oxygen atoms in total. The third-order valence-corrected chi connectivity index (χ3v) is 3.98. The minimum Gasteiger partial charge on any atom is -0.310 e. The van der Waals surface area contributed by atoms with Crippen molar-refractivity contribution in [2.75, 3.05) is 0 Å². The van der Waals surface area contributed by atoms with Crippen LogP contribution in [0.4, 0.5) is 0 Å². The van der Waals surface area contributed by atoms with Gasteiger partial charge in [-0.15, -0.1) is 22.7 Å². The zero-order chi connectivity index (χ0) is 11.5. The summed E-state index contributed by atoms with van der Waals surface area (Å²) in [6.07, 6.45) is 0. The van der Waals surface area contributed by atoms with E-state index in [2.05, 4.69) is 36.1 Å². The van der Waals surface area contributed by atoms with Gasteiger partial charge in [0.1, 0.15) is 10.7 Å². The fourth-order valence-electron chi connectivity index (χ4n) is 1.32. The lowest BCUT2D eigenvalue weighted by atomic mass is 10.3. The number of nitrogens with one attached hydrogen (secondary N) is 1. The van der Waals surface area contributed by atoms with E-state index >= 15 is 0 Å². The van der Waals surface area contributed by atoms with Gasteiger partial charge in [-0.25, -0.2) is 9.97 Å². The van der Waals surface area contributed by atoms with E-state index in [1.807, 2.05) is 10.9 Å². The number of aromatic nitrogens is 2. The molecule has 0 fully saturated rings. The first-order valence-electron chi connectivity index (χ1n) is 5.25. The van der Waals surface area contributed by atoms with Gasteiger partial charge < -0.3 is 5.32 Å². The van der Waals surface area contributed by atoms with Crippen LogP contribution in [-0.4, -0.2) is 16.0 Å². The van der Waals surface area contributed by atoms with Crippen LogP contribution in [0, 0.1) is 6.92 Å². The molecular formula is C11H15N3S2. The number of thiazole rings is 2. The Morgan fingerprint density at radius 2 is 2.25 bits per heavy atom. The molecule has 2 aromatic rings. The second kappa shape index (κ2) is 5.03. The Labute approximate surface area is 104 Å². The second-order valence-electron chi connectivity index (χ2n) is 3.94. The van der Waals surface area contributed by atoms with Gasteiger partial charge in [-0.3, -0.25) is 0 Å². The number of hydrogen-bond acceptors (Lipinski definition) is 5. The second-order valence-corrected chi connectivity index (χ2v) is 5.74. The molecule has 0 amide bonds. The van der Waals surface area contributed by atoms with Crippen molar-refractivity contribution in [2.45, 2.75) is 33.4 Å². The van der Waals surface area contributed by atoms with Gasteiger partial charge in [-0.05, 0) is 6.92 Å². The summed E-state index contributed by atoms with van der Waals surface area (Å²) in [5.41, 5.74) is 3.95. The molecule has 0 aliphatic carbocycles. The van der Waals surface area contributed by atoms with Gasteiger partial charge in [0.15, 0.2) is 0 Å². The van der Waals surface area contributed by atoms with Crippen LogP contribution >= 0.6 is 22.7 Å². The molecule has 0 saturated carbocycles. The first kappa shape index (κ1) is 11.7. The van der Waals surface area contributed by atoms with Gasteiger partial charge in [0.05, 0.1) is 11.2 Å². The maximum absolute atomic E-state index is 4.55. The summed E-state index contributed by atoms with van der Waals surface area (Å²) in [5, 5.41) is 6.48. The van der Waals surface area contributed by atoms with Crippen LogP contribution in [-0.2, 0) is 6.54 Å². The summed E-state index contributed by atoms with van der Waals surface area (Å²) in [4.78, 5) is 10.1. The van der Waals surface area contributed by atoms with Crippen molar-refractivity contribution in [3.05, 3.63) is 21.5 Å². The van der Waals surface area contributed by atoms with Gasteiger partial charge in [0, 0.05) is 22.8 Å². The molecule has 2 rings (SSSR count). The van der Waals surface area contributed by atoms with Crippen LogP contribution in [0.25, 0.3) is 10.7 Å². The molecule has 0 atom stereocenters. The molecule has 0 aliphatic rings. The van der Waals surface area contributed by atoms with E-state index in [-0.39, 0.29) is 0 Å². The van der Waals surface area contributed by atoms with E-state index in [1.54, 1.807) is 22.7 Å². The summed E-state index contributed by atoms with van der Waals surface area (Å²) in [5.74, 6) is 0. The van der Waals surface area contributed by atoms with Crippen LogP contribution < -0.4 is 5.32 Å². The smallest absolute Gasteiger partial charge is 0.143 e. The Morgan fingerprint density at radius 3 is 2.88 bits per heavy atom. The molecule has 86 valence electrons. The topological polar surface area (TPSA) is 37.8 Å². The van der Waals surface area contributed by atoms with Crippen molar-refractivity contribution < 1.29 is 0 Å². The van der Waals surface area contributed by atoms with Crippen LogP contribution in [0.15, 0.2) is 10.9 Å². The standard InChI is InChI=1S/C11H15N3S2/c1-7(2)12-4-10-8(3)14-11(16-10)9-5-15-6-13-9/h5-7,12H,4H2,1-3H3. The maximum atomic E-state index is 4.55. The van der Waals surface area contributed by atoms with Crippen molar-refractivity contribution in [1.29, 1.82) is 0 Å². The molecule has 2 heterocycles. The van der Waals surface area contributed by atoms with Crippen molar-refractivity contribution in [2.24, 2.45) is 0 Å². The predicted octanol–water partition coefficient (Wildman–Crippen LogP) is 3.07. The van der Waals surface area contributed by atoms with E-state index < -0.39 is 0 Å². The highest BCUT2D eigenvalue weighted by Gasteiger charge is 2.10. The summed E-state index contributed by atoms with van der Waals surface area (Å²) < 4.78 is 0. The summed E-state index contributed by atoms with van der Waals surface area (Å²) in [6, 6.07) is 0.504. The Bertz CT molecular complexity index is 446. The lowest BCUT2D eigenvalue weighted by molar-refractivity contribution is 0.591. The van der Waals surface area contributed by atoms with Crippen LogP contribution in [0.5, 0.6) is 0 Å². The molecule has 0 radical (unpaired) electrons. The van der Waals surface area contributed by atoms with Gasteiger partial charge in [-0.2, -0.15) is 0 Å². The average Bonchev–Trinajstić information content (AvgIpc) is 2.83. The number of rotatable bonds is 4. The Morgan fingerprint density at radius 1 is 1.44 bits per heavy atom. The molecule has 0 unspecified atom stereocenters. The van der Waals surface area contributed by atoms with E-state index in [4.69, 9.17) is 0 Å². The quantitative estimate of drug-likeness (QED) is 0.910. The minimum atomic E-state index is 0.504. The molecule has 0 aromatic carbocycles. The SMILES string of the molecule is Cc1nc(-c2cscn2)sc1CNC(C)C. The fourth-order valence-corrected chi connectivity index (χ4v) is 2.91. The highest BCUT2D eigenvalue weighted by atomic mass is 32.1. The normalized spacial score (nSPS) is 11.2. The fraction of sp³-hybridized carbons (Fsp3) is 0.455. The Balaban J connectivity index is 2.16. The van der Waals surface area contributed by atoms with Crippen molar-refractivity contribution in [1.82, 2.24) is 15.3 Å². The predicted molar refractivity (Wildman–Crippen MR) is 69.9 cm³/mol. The van der Waals surface area contributed by atoms with E-state index in [9.17, 15) is 0 Å². The van der Waals surface area contributed by atoms with Crippen LogP contribution in [0.3, 0.4) is 0 Å². The van der Waals surface area contributed by atoms with E-state index in [0.29, 0.717) is 6.04 Å². The number of hydrogen-bond donors (Lipinski definition) is 1. The molecular weight excluding hydrogens is 238 g/mol. The maximum Gasteiger partial charge on any atom is 0.143 e. The number of aryl methyl sites for hydroxylation is 1. The van der Waals surface area contributed by atoms with Crippen LogP contribution in [0.2, 0.25) is 0 Å². The zero-order valence-electron chi connectivity index (χ0n) is 9.65. The van der Waals surface area contributed by atoms with Gasteiger partial charge in [-0.1, -0.05) is 13.8 Å². The van der Waals surface area contributed by atoms with Gasteiger partial charge >= 0.3 is 0 Å². The monoisotopic (exact) mass is 253 g/mol. The molecule has 16 heavy (non-hydrogen) atoms. The van der Waals surface area contributed by atoms with E-state index in [0.717, 1.165) is 22.9 Å². The first-order valence-corrected chi connectivity index (χ1v) is 7.01. The molecule has 2 aromatic heterocycles. The van der Waals surface area contributed by atoms with Gasteiger partial charge in [0.2, 0.25) is 0 Å². The summed E-state index contributed by atoms with van der Waals surface area (Å²) in [6.45, 7) is 7.25. The minimum absolute atomic E-state index is 0.504. The Kier molecular flexibility index (Phi) is 3.68. The molecule has 5 heteroatoms. The van der Waals surface area contributed by atoms with Crippen LogP contribution in [0.1, 0.15) is 24.4 Å². The molecule has 0 saturated heterocycles. The highest BCUT2D eigenvalue weighted by molar-refractivity contribution is 7.15. The Hall–Kier alpha value is -0.780. The largest absolute Gasteiger partial charge is 0.310 e. The first-order chi connectivity index (χ1) is 7.66. The van der Waals surface area contributed by atoms with Crippen molar-refractivity contribution in [3.8, 4) is 10.7 Å². The van der Waals surface area contributed by atoms with Gasteiger partial charge in [0.25, 0.3) is 0 Å². The third kappa shape index (κ3) is 2.66. The van der Waals surface area contributed by atoms with Crippen molar-refractivity contribution in [3.63, 3.8) is 0 Å². The highest BCUT2D eigenvalue weighted by Crippen LogP contribution is 2.27. The summed E-state index contributed by atoms with van der Waals surface area (Å²) in [7, 11) is 0. The zero-order valence-corrected chi connectivity index (χ0v) is 11.3. The lowest BCUT2D eigenvalue weighted by Crippen LogP contribution is -2.21. The van der Waals surface area contributed by atoms with Crippen molar-refractivity contribution >= 4 is 22.7 Å².